The number of ether oxygens (including phenoxy) is 1. The molecule has 0 saturated heterocycles. The van der Waals surface area contributed by atoms with E-state index in [9.17, 15) is 9.59 Å². The second kappa shape index (κ2) is 10.5. The predicted molar refractivity (Wildman–Crippen MR) is 124 cm³/mol. The van der Waals surface area contributed by atoms with Gasteiger partial charge in [-0.25, -0.2) is 0 Å². The molecule has 156 valence electrons. The minimum absolute atomic E-state index is 0.0930. The Morgan fingerprint density at radius 3 is 2.73 bits per heavy atom. The van der Waals surface area contributed by atoms with E-state index in [2.05, 4.69) is 36.8 Å². The van der Waals surface area contributed by atoms with Crippen LogP contribution in [0.25, 0.3) is 0 Å². The highest BCUT2D eigenvalue weighted by Gasteiger charge is 2.15. The van der Waals surface area contributed by atoms with E-state index in [1.807, 2.05) is 0 Å². The van der Waals surface area contributed by atoms with Crippen LogP contribution in [0.3, 0.4) is 0 Å². The van der Waals surface area contributed by atoms with Crippen molar-refractivity contribution in [2.24, 2.45) is 0 Å². The van der Waals surface area contributed by atoms with Gasteiger partial charge in [-0.2, -0.15) is 0 Å². The molecule has 0 saturated carbocycles. The maximum absolute atomic E-state index is 12.4. The van der Waals surface area contributed by atoms with Gasteiger partial charge in [-0.1, -0.05) is 62.2 Å². The molecule has 2 aromatic carbocycles. The highest BCUT2D eigenvalue weighted by Crippen LogP contribution is 2.30. The number of nitrogens with zero attached hydrogens (tertiary/aromatic N) is 2. The Morgan fingerprint density at radius 2 is 1.97 bits per heavy atom. The third-order valence-corrected chi connectivity index (χ3v) is 6.59. The van der Waals surface area contributed by atoms with E-state index in [-0.39, 0.29) is 11.7 Å². The monoisotopic (exact) mass is 546 g/mol. The molecule has 0 aliphatic carbocycles. The molecule has 12 heteroatoms. The van der Waals surface area contributed by atoms with Crippen LogP contribution in [0.15, 0.2) is 45.2 Å². The van der Waals surface area contributed by atoms with Crippen LogP contribution < -0.4 is 15.4 Å². The molecule has 0 aliphatic rings. The molecule has 30 heavy (non-hydrogen) atoms. The Labute approximate surface area is 198 Å². The predicted octanol–water partition coefficient (Wildman–Crippen LogP) is 5.60. The van der Waals surface area contributed by atoms with Crippen molar-refractivity contribution >= 4 is 84.9 Å². The van der Waals surface area contributed by atoms with Crippen LogP contribution in [0.5, 0.6) is 5.75 Å². The summed E-state index contributed by atoms with van der Waals surface area (Å²) in [6.45, 7) is 0. The first-order chi connectivity index (χ1) is 14.4. The molecule has 0 fully saturated rings. The second-order valence-electron chi connectivity index (χ2n) is 5.63. The molecule has 0 spiro atoms. The van der Waals surface area contributed by atoms with Crippen LogP contribution in [0.4, 0.5) is 10.8 Å². The van der Waals surface area contributed by atoms with Crippen LogP contribution in [-0.4, -0.2) is 34.9 Å². The molecular formula is C18H13BrCl2N4O3S2. The molecule has 3 aromatic rings. The first kappa shape index (κ1) is 22.8. The molecule has 0 aliphatic heterocycles. The fourth-order valence-electron chi connectivity index (χ4n) is 2.25. The maximum Gasteiger partial charge on any atom is 0.259 e. The number of hydrogen-bond acceptors (Lipinski definition) is 7. The summed E-state index contributed by atoms with van der Waals surface area (Å²) in [7, 11) is 1.51. The van der Waals surface area contributed by atoms with Crippen LogP contribution in [0.1, 0.15) is 10.4 Å². The molecule has 2 N–H and O–H groups in total. The van der Waals surface area contributed by atoms with Crippen LogP contribution >= 0.6 is 62.2 Å². The third kappa shape index (κ3) is 6.08. The number of anilines is 2. The van der Waals surface area contributed by atoms with Crippen molar-refractivity contribution in [2.75, 3.05) is 23.5 Å². The van der Waals surface area contributed by atoms with Gasteiger partial charge in [-0.3, -0.25) is 14.9 Å². The van der Waals surface area contributed by atoms with Crippen molar-refractivity contribution in [1.29, 1.82) is 0 Å². The van der Waals surface area contributed by atoms with Crippen molar-refractivity contribution in [3.63, 3.8) is 0 Å². The topological polar surface area (TPSA) is 93.2 Å². The van der Waals surface area contributed by atoms with Gasteiger partial charge in [0.15, 0.2) is 4.34 Å². The zero-order valence-electron chi connectivity index (χ0n) is 15.2. The number of nitrogens with one attached hydrogen (secondary N) is 2. The highest BCUT2D eigenvalue weighted by atomic mass is 79.9. The van der Waals surface area contributed by atoms with Crippen LogP contribution in [-0.2, 0) is 4.79 Å². The van der Waals surface area contributed by atoms with Crippen molar-refractivity contribution in [3.8, 4) is 5.75 Å². The zero-order valence-corrected chi connectivity index (χ0v) is 20.0. The van der Waals surface area contributed by atoms with E-state index >= 15 is 0 Å². The van der Waals surface area contributed by atoms with Crippen molar-refractivity contribution < 1.29 is 14.3 Å². The third-order valence-electron chi connectivity index (χ3n) is 3.56. The minimum Gasteiger partial charge on any atom is -0.495 e. The van der Waals surface area contributed by atoms with E-state index in [1.165, 1.54) is 18.9 Å². The van der Waals surface area contributed by atoms with Gasteiger partial charge in [-0.05, 0) is 36.4 Å². The number of hydrogen-bond donors (Lipinski definition) is 2. The Hall–Kier alpha value is -1.85. The number of carbonyl (C=O) groups is 2. The largest absolute Gasteiger partial charge is 0.495 e. The van der Waals surface area contributed by atoms with E-state index in [0.717, 1.165) is 15.8 Å². The van der Waals surface area contributed by atoms with Crippen molar-refractivity contribution in [3.05, 3.63) is 56.5 Å². The molecule has 0 atom stereocenters. The summed E-state index contributed by atoms with van der Waals surface area (Å²) < 4.78 is 6.46. The molecule has 0 radical (unpaired) electrons. The lowest BCUT2D eigenvalue weighted by atomic mass is 10.2. The van der Waals surface area contributed by atoms with E-state index in [0.29, 0.717) is 36.5 Å². The molecule has 7 nitrogen and oxygen atoms in total. The first-order valence-electron chi connectivity index (χ1n) is 8.22. The van der Waals surface area contributed by atoms with E-state index in [1.54, 1.807) is 36.4 Å². The number of amides is 2. The first-order valence-corrected chi connectivity index (χ1v) is 11.6. The van der Waals surface area contributed by atoms with Crippen molar-refractivity contribution in [1.82, 2.24) is 10.2 Å². The summed E-state index contributed by atoms with van der Waals surface area (Å²) in [6.07, 6.45) is 0. The number of rotatable bonds is 7. The number of carbonyl (C=O) groups excluding carboxylic acids is 2. The molecule has 0 unspecified atom stereocenters. The lowest BCUT2D eigenvalue weighted by Gasteiger charge is -2.09. The molecule has 0 bridgehead atoms. The summed E-state index contributed by atoms with van der Waals surface area (Å²) >= 11 is 17.7. The second-order valence-corrected chi connectivity index (χ2v) is 9.59. The zero-order chi connectivity index (χ0) is 21.7. The Bertz CT molecular complexity index is 1100. The Balaban J connectivity index is 1.57. The number of benzene rings is 2. The lowest BCUT2D eigenvalue weighted by molar-refractivity contribution is -0.113. The number of halogens is 3. The normalized spacial score (nSPS) is 10.5. The van der Waals surface area contributed by atoms with Gasteiger partial charge in [0.25, 0.3) is 5.91 Å². The fraction of sp³-hybridized carbons (Fsp3) is 0.111. The van der Waals surface area contributed by atoms with Gasteiger partial charge >= 0.3 is 0 Å². The maximum atomic E-state index is 12.4. The standard InChI is InChI=1S/C18H13BrCl2N4O3S2/c1-28-14-5-3-10(20)7-13(14)22-15(26)8-29-18-25-24-17(30-18)23-16(27)11-6-9(19)2-4-12(11)21/h2-7H,8H2,1H3,(H,22,26)(H,23,24,27). The lowest BCUT2D eigenvalue weighted by Crippen LogP contribution is -2.14. The summed E-state index contributed by atoms with van der Waals surface area (Å²) in [5.41, 5.74) is 0.789. The molecule has 2 amide bonds. The Morgan fingerprint density at radius 1 is 1.17 bits per heavy atom. The summed E-state index contributed by atoms with van der Waals surface area (Å²) in [6, 6.07) is 9.92. The smallest absolute Gasteiger partial charge is 0.259 e. The van der Waals surface area contributed by atoms with Gasteiger partial charge in [0.1, 0.15) is 5.75 Å². The minimum atomic E-state index is -0.403. The van der Waals surface area contributed by atoms with E-state index < -0.39 is 5.91 Å². The SMILES string of the molecule is COc1ccc(Cl)cc1NC(=O)CSc1nnc(NC(=O)c2cc(Br)ccc2Cl)s1. The molecule has 1 aromatic heterocycles. The average molecular weight is 548 g/mol. The molecule has 1 heterocycles. The van der Waals surface area contributed by atoms with E-state index in [4.69, 9.17) is 27.9 Å². The molecule has 3 rings (SSSR count). The van der Waals surface area contributed by atoms with Gasteiger partial charge < -0.3 is 10.1 Å². The number of aromatic nitrogens is 2. The van der Waals surface area contributed by atoms with Gasteiger partial charge in [0, 0.05) is 9.50 Å². The van der Waals surface area contributed by atoms with Gasteiger partial charge in [-0.15, -0.1) is 10.2 Å². The Kier molecular flexibility index (Phi) is 7.95. The highest BCUT2D eigenvalue weighted by molar-refractivity contribution is 9.10. The van der Waals surface area contributed by atoms with Crippen molar-refractivity contribution in [2.45, 2.75) is 4.34 Å². The van der Waals surface area contributed by atoms with Gasteiger partial charge in [0.2, 0.25) is 11.0 Å². The summed E-state index contributed by atoms with van der Waals surface area (Å²) in [5.74, 6) is -0.0673. The summed E-state index contributed by atoms with van der Waals surface area (Å²) in [4.78, 5) is 24.6. The fourth-order valence-corrected chi connectivity index (χ4v) is 4.53. The number of thioether (sulfide) groups is 1. The van der Waals surface area contributed by atoms with Crippen LogP contribution in [0, 0.1) is 0 Å². The molecular weight excluding hydrogens is 535 g/mol. The average Bonchev–Trinajstić information content (AvgIpc) is 3.15. The van der Waals surface area contributed by atoms with Gasteiger partial charge in [0.05, 0.1) is 29.1 Å². The summed E-state index contributed by atoms with van der Waals surface area (Å²) in [5, 5.41) is 14.4. The quantitative estimate of drug-likeness (QED) is 0.295. The number of methoxy groups -OCH3 is 1. The van der Waals surface area contributed by atoms with Crippen LogP contribution in [0.2, 0.25) is 10.0 Å².